The summed E-state index contributed by atoms with van der Waals surface area (Å²) in [5.41, 5.74) is 3.33. The summed E-state index contributed by atoms with van der Waals surface area (Å²) in [7, 11) is 1.70. The molecule has 0 aliphatic heterocycles. The minimum Gasteiger partial charge on any atom is -0.496 e. The Balaban J connectivity index is 1.75. The van der Waals surface area contributed by atoms with Gasteiger partial charge in [0.2, 0.25) is 0 Å². The zero-order chi connectivity index (χ0) is 15.5. The highest BCUT2D eigenvalue weighted by atomic mass is 16.5. The molecule has 3 aromatic rings. The lowest BCUT2D eigenvalue weighted by atomic mass is 10.1. The second-order valence-electron chi connectivity index (χ2n) is 5.25. The molecule has 0 bridgehead atoms. The topological polar surface area (TPSA) is 64.3 Å². The van der Waals surface area contributed by atoms with Gasteiger partial charge in [-0.3, -0.25) is 0 Å². The lowest BCUT2D eigenvalue weighted by molar-refractivity contribution is 0.410. The first-order valence-electron chi connectivity index (χ1n) is 7.22. The molecule has 6 heteroatoms. The highest BCUT2D eigenvalue weighted by Gasteiger charge is 2.07. The fourth-order valence-corrected chi connectivity index (χ4v) is 2.48. The van der Waals surface area contributed by atoms with Gasteiger partial charge in [0.15, 0.2) is 0 Å². The molecule has 6 nitrogen and oxygen atoms in total. The predicted molar refractivity (Wildman–Crippen MR) is 85.4 cm³/mol. The fourth-order valence-electron chi connectivity index (χ4n) is 2.48. The van der Waals surface area contributed by atoms with E-state index in [1.54, 1.807) is 11.6 Å². The van der Waals surface area contributed by atoms with Crippen molar-refractivity contribution in [3.8, 4) is 5.75 Å². The monoisotopic (exact) mass is 297 g/mol. The Morgan fingerprint density at radius 2 is 2.09 bits per heavy atom. The van der Waals surface area contributed by atoms with Crippen molar-refractivity contribution < 1.29 is 4.74 Å². The van der Waals surface area contributed by atoms with Gasteiger partial charge in [-0.15, -0.1) is 0 Å². The molecule has 0 aliphatic carbocycles. The van der Waals surface area contributed by atoms with Crippen LogP contribution in [0.4, 0.5) is 5.82 Å². The number of hydrogen-bond donors (Lipinski definition) is 1. The van der Waals surface area contributed by atoms with Crippen LogP contribution in [0.1, 0.15) is 16.8 Å². The summed E-state index contributed by atoms with van der Waals surface area (Å²) in [6.07, 6.45) is 2.37. The summed E-state index contributed by atoms with van der Waals surface area (Å²) in [5, 5.41) is 7.59. The van der Waals surface area contributed by atoms with Crippen LogP contribution in [0.3, 0.4) is 0 Å². The van der Waals surface area contributed by atoms with Crippen molar-refractivity contribution in [2.24, 2.45) is 0 Å². The van der Waals surface area contributed by atoms with E-state index in [-0.39, 0.29) is 0 Å². The van der Waals surface area contributed by atoms with E-state index in [0.717, 1.165) is 30.2 Å². The van der Waals surface area contributed by atoms with E-state index in [4.69, 9.17) is 4.74 Å². The van der Waals surface area contributed by atoms with Gasteiger partial charge in [0.25, 0.3) is 5.78 Å². The number of benzene rings is 1. The van der Waals surface area contributed by atoms with Gasteiger partial charge in [0, 0.05) is 18.3 Å². The van der Waals surface area contributed by atoms with E-state index >= 15 is 0 Å². The largest absolute Gasteiger partial charge is 0.496 e. The highest BCUT2D eigenvalue weighted by Crippen LogP contribution is 2.20. The van der Waals surface area contributed by atoms with Gasteiger partial charge >= 0.3 is 0 Å². The second-order valence-corrected chi connectivity index (χ2v) is 5.25. The van der Waals surface area contributed by atoms with Crippen molar-refractivity contribution >= 4 is 11.6 Å². The number of aryl methyl sites for hydroxylation is 2. The molecule has 0 saturated heterocycles. The van der Waals surface area contributed by atoms with E-state index in [2.05, 4.69) is 39.4 Å². The van der Waals surface area contributed by atoms with Gasteiger partial charge in [-0.1, -0.05) is 17.7 Å². The molecule has 2 aromatic heterocycles. The Bertz CT molecular complexity index is 796. The van der Waals surface area contributed by atoms with Crippen LogP contribution in [0, 0.1) is 13.8 Å². The summed E-state index contributed by atoms with van der Waals surface area (Å²) in [6, 6.07) is 8.19. The predicted octanol–water partition coefficient (Wildman–Crippen LogP) is 2.40. The number of aromatic nitrogens is 4. The fraction of sp³-hybridized carbons (Fsp3) is 0.312. The first kappa shape index (κ1) is 14.3. The lowest BCUT2D eigenvalue weighted by Gasteiger charge is -2.11. The minimum atomic E-state index is 0.607. The van der Waals surface area contributed by atoms with Gasteiger partial charge in [-0.05, 0) is 31.9 Å². The van der Waals surface area contributed by atoms with Crippen molar-refractivity contribution in [3.63, 3.8) is 0 Å². The summed E-state index contributed by atoms with van der Waals surface area (Å²) >= 11 is 0. The summed E-state index contributed by atoms with van der Waals surface area (Å²) in [5.74, 6) is 2.42. The van der Waals surface area contributed by atoms with Crippen LogP contribution >= 0.6 is 0 Å². The van der Waals surface area contributed by atoms with Gasteiger partial charge in [0.05, 0.1) is 7.11 Å². The molecular weight excluding hydrogens is 278 g/mol. The number of methoxy groups -OCH3 is 1. The first-order chi connectivity index (χ1) is 10.7. The third kappa shape index (κ3) is 2.86. The van der Waals surface area contributed by atoms with Crippen LogP contribution < -0.4 is 10.1 Å². The van der Waals surface area contributed by atoms with Crippen molar-refractivity contribution in [3.05, 3.63) is 47.4 Å². The van der Waals surface area contributed by atoms with Crippen LogP contribution in [0.15, 0.2) is 30.6 Å². The zero-order valence-corrected chi connectivity index (χ0v) is 13.0. The molecule has 0 saturated carbocycles. The van der Waals surface area contributed by atoms with Crippen molar-refractivity contribution in [2.75, 3.05) is 19.0 Å². The van der Waals surface area contributed by atoms with Gasteiger partial charge in [0.1, 0.15) is 17.9 Å². The Labute approximate surface area is 129 Å². The third-order valence-electron chi connectivity index (χ3n) is 3.52. The van der Waals surface area contributed by atoms with Crippen LogP contribution in [0.5, 0.6) is 5.75 Å². The summed E-state index contributed by atoms with van der Waals surface area (Å²) < 4.78 is 7.12. The van der Waals surface area contributed by atoms with Crippen molar-refractivity contribution in [1.29, 1.82) is 0 Å². The molecule has 0 spiro atoms. The molecule has 0 unspecified atom stereocenters. The van der Waals surface area contributed by atoms with Crippen LogP contribution in [-0.2, 0) is 6.42 Å². The molecule has 1 N–H and O–H groups in total. The van der Waals surface area contributed by atoms with Gasteiger partial charge < -0.3 is 10.1 Å². The van der Waals surface area contributed by atoms with Crippen LogP contribution in [0.2, 0.25) is 0 Å². The Morgan fingerprint density at radius 1 is 1.23 bits per heavy atom. The molecule has 0 amide bonds. The van der Waals surface area contributed by atoms with E-state index in [1.807, 2.05) is 19.1 Å². The van der Waals surface area contributed by atoms with Crippen LogP contribution in [-0.4, -0.2) is 33.2 Å². The molecule has 0 fully saturated rings. The summed E-state index contributed by atoms with van der Waals surface area (Å²) in [6.45, 7) is 4.81. The van der Waals surface area contributed by atoms with Gasteiger partial charge in [-0.2, -0.15) is 14.6 Å². The van der Waals surface area contributed by atoms with Crippen molar-refractivity contribution in [2.45, 2.75) is 20.3 Å². The first-order valence-corrected chi connectivity index (χ1v) is 7.22. The number of nitrogens with zero attached hydrogens (tertiary/aromatic N) is 4. The number of ether oxygens (including phenoxy) is 1. The second kappa shape index (κ2) is 6.01. The Morgan fingerprint density at radius 3 is 2.91 bits per heavy atom. The summed E-state index contributed by atoms with van der Waals surface area (Å²) in [4.78, 5) is 8.46. The molecule has 0 radical (unpaired) electrons. The van der Waals surface area contributed by atoms with E-state index in [1.165, 1.54) is 17.5 Å². The number of nitrogens with one attached hydrogen (secondary N) is 1. The molecule has 0 aliphatic rings. The molecule has 0 atom stereocenters. The normalized spacial score (nSPS) is 10.9. The SMILES string of the molecule is COc1ccc(C)cc1CCNc1cc(C)nc2ncnn12. The molecular formula is C16H19N5O. The van der Waals surface area contributed by atoms with E-state index in [9.17, 15) is 0 Å². The third-order valence-corrected chi connectivity index (χ3v) is 3.52. The van der Waals surface area contributed by atoms with Crippen molar-refractivity contribution in [1.82, 2.24) is 19.6 Å². The number of fused-ring (bicyclic) bond motifs is 1. The molecule has 2 heterocycles. The number of rotatable bonds is 5. The maximum Gasteiger partial charge on any atom is 0.254 e. The van der Waals surface area contributed by atoms with E-state index in [0.29, 0.717) is 5.78 Å². The number of hydrogen-bond acceptors (Lipinski definition) is 5. The maximum atomic E-state index is 5.41. The Kier molecular flexibility index (Phi) is 3.91. The maximum absolute atomic E-state index is 5.41. The number of anilines is 1. The zero-order valence-electron chi connectivity index (χ0n) is 13.0. The standard InChI is InChI=1S/C16H19N5O/c1-11-4-5-14(22-3)13(8-11)6-7-17-15-9-12(2)20-16-18-10-19-21(15)16/h4-5,8-10,17H,6-7H2,1-3H3. The Hall–Kier alpha value is -2.63. The van der Waals surface area contributed by atoms with E-state index < -0.39 is 0 Å². The molecule has 22 heavy (non-hydrogen) atoms. The molecule has 114 valence electrons. The quantitative estimate of drug-likeness (QED) is 0.783. The van der Waals surface area contributed by atoms with Crippen LogP contribution in [0.25, 0.3) is 5.78 Å². The lowest BCUT2D eigenvalue weighted by Crippen LogP contribution is -2.10. The average Bonchev–Trinajstić information content (AvgIpc) is 2.95. The average molecular weight is 297 g/mol. The highest BCUT2D eigenvalue weighted by molar-refractivity contribution is 5.45. The molecule has 1 aromatic carbocycles. The minimum absolute atomic E-state index is 0.607. The smallest absolute Gasteiger partial charge is 0.254 e. The molecule has 3 rings (SSSR count). The van der Waals surface area contributed by atoms with Gasteiger partial charge in [-0.25, -0.2) is 4.98 Å².